The number of rotatable bonds is 2. The zero-order valence-corrected chi connectivity index (χ0v) is 5.27. The zero-order valence-electron chi connectivity index (χ0n) is 5.27. The molecule has 0 aliphatic rings. The van der Waals surface area contributed by atoms with Gasteiger partial charge in [-0.1, -0.05) is 18.2 Å². The topological polar surface area (TPSA) is 49.7 Å². The van der Waals surface area contributed by atoms with Gasteiger partial charge in [0.05, 0.1) is 0 Å². The summed E-state index contributed by atoms with van der Waals surface area (Å²) in [5, 5.41) is 16.7. The normalized spacial score (nSPS) is 8.18. The molecule has 0 amide bonds. The van der Waals surface area contributed by atoms with Gasteiger partial charge in [0, 0.05) is 0 Å². The summed E-state index contributed by atoms with van der Waals surface area (Å²) in [7, 11) is -1.73. The number of hydrogen-bond acceptors (Lipinski definition) is 3. The van der Waals surface area contributed by atoms with E-state index in [1.54, 1.807) is 24.3 Å². The summed E-state index contributed by atoms with van der Waals surface area (Å²) >= 11 is 0. The predicted molar refractivity (Wildman–Crippen MR) is 44.4 cm³/mol. The van der Waals surface area contributed by atoms with Crippen LogP contribution in [-0.4, -0.2) is 46.9 Å². The molecule has 0 spiro atoms. The molecule has 2 N–H and O–H groups in total. The molecule has 1 aromatic carbocycles. The van der Waals surface area contributed by atoms with Gasteiger partial charge in [-0.2, -0.15) is 0 Å². The molecular weight excluding hydrogens is 154 g/mol. The molecule has 0 aliphatic carbocycles. The van der Waals surface area contributed by atoms with Crippen molar-refractivity contribution in [2.75, 3.05) is 0 Å². The van der Waals surface area contributed by atoms with Crippen LogP contribution in [0.5, 0.6) is 5.75 Å². The van der Waals surface area contributed by atoms with Gasteiger partial charge in [-0.25, -0.2) is 0 Å². The van der Waals surface area contributed by atoms with E-state index in [1.165, 1.54) is 0 Å². The minimum absolute atomic E-state index is 0. The van der Waals surface area contributed by atoms with Gasteiger partial charge >= 0.3 is 36.9 Å². The van der Waals surface area contributed by atoms with Gasteiger partial charge in [-0.05, 0) is 12.1 Å². The maximum absolute atomic E-state index is 8.34. The second-order valence-electron chi connectivity index (χ2n) is 1.76. The Bertz CT molecular complexity index is 192. The van der Waals surface area contributed by atoms with Crippen molar-refractivity contribution in [1.82, 2.24) is 0 Å². The molecule has 1 aromatic rings. The summed E-state index contributed by atoms with van der Waals surface area (Å²) in [6.07, 6.45) is 0. The second-order valence-corrected chi connectivity index (χ2v) is 1.76. The summed E-state index contributed by atoms with van der Waals surface area (Å²) in [6, 6.07) is 8.59. The number of para-hydroxylation sites is 1. The second kappa shape index (κ2) is 5.63. The molecule has 0 saturated carbocycles. The molecule has 0 atom stereocenters. The van der Waals surface area contributed by atoms with E-state index in [9.17, 15) is 0 Å². The third kappa shape index (κ3) is 4.45. The Morgan fingerprint density at radius 3 is 2.09 bits per heavy atom. The number of hydrogen-bond donors (Lipinski definition) is 2. The molecule has 0 saturated heterocycles. The van der Waals surface area contributed by atoms with Crippen molar-refractivity contribution in [3.63, 3.8) is 0 Å². The van der Waals surface area contributed by atoms with E-state index in [2.05, 4.69) is 4.65 Å². The molecule has 0 aromatic heterocycles. The Labute approximate surface area is 87.5 Å². The van der Waals surface area contributed by atoms with Crippen LogP contribution >= 0.6 is 0 Å². The summed E-state index contributed by atoms with van der Waals surface area (Å²) < 4.78 is 4.53. The molecular formula is C6H8BNaO3. The molecule has 3 nitrogen and oxygen atoms in total. The third-order valence-electron chi connectivity index (χ3n) is 0.985. The minimum atomic E-state index is -1.73. The van der Waals surface area contributed by atoms with E-state index in [4.69, 9.17) is 10.0 Å². The van der Waals surface area contributed by atoms with Gasteiger partial charge < -0.3 is 14.7 Å². The fourth-order valence-corrected chi connectivity index (χ4v) is 0.621. The van der Waals surface area contributed by atoms with E-state index in [-0.39, 0.29) is 29.6 Å². The van der Waals surface area contributed by atoms with Crippen LogP contribution in [0.4, 0.5) is 0 Å². The van der Waals surface area contributed by atoms with Crippen molar-refractivity contribution in [3.8, 4) is 5.75 Å². The van der Waals surface area contributed by atoms with Gasteiger partial charge in [0.2, 0.25) is 0 Å². The summed E-state index contributed by atoms with van der Waals surface area (Å²) in [4.78, 5) is 0. The molecule has 0 bridgehead atoms. The zero-order chi connectivity index (χ0) is 7.40. The molecule has 0 heterocycles. The van der Waals surface area contributed by atoms with Crippen LogP contribution in [0.25, 0.3) is 0 Å². The standard InChI is InChI=1S/C6H7BO3.Na.H/c8-7(9)10-6-4-2-1-3-5-6;;/h1-5,8-9H;;. The van der Waals surface area contributed by atoms with E-state index in [0.717, 1.165) is 0 Å². The van der Waals surface area contributed by atoms with Crippen LogP contribution in [0.15, 0.2) is 30.3 Å². The molecule has 1 rings (SSSR count). The van der Waals surface area contributed by atoms with Crippen molar-refractivity contribution in [2.24, 2.45) is 0 Å². The van der Waals surface area contributed by atoms with Crippen molar-refractivity contribution in [3.05, 3.63) is 30.3 Å². The van der Waals surface area contributed by atoms with E-state index in [0.29, 0.717) is 5.75 Å². The first-order valence-electron chi connectivity index (χ1n) is 2.87. The van der Waals surface area contributed by atoms with Crippen molar-refractivity contribution in [2.45, 2.75) is 0 Å². The first kappa shape index (κ1) is 11.0. The average Bonchev–Trinajstić information content (AvgIpc) is 1.88. The van der Waals surface area contributed by atoms with Gasteiger partial charge in [-0.15, -0.1) is 0 Å². The van der Waals surface area contributed by atoms with Crippen LogP contribution in [-0.2, 0) is 0 Å². The Morgan fingerprint density at radius 2 is 1.64 bits per heavy atom. The molecule has 54 valence electrons. The monoisotopic (exact) mass is 162 g/mol. The van der Waals surface area contributed by atoms with Crippen LogP contribution in [0.2, 0.25) is 0 Å². The summed E-state index contributed by atoms with van der Waals surface area (Å²) in [5.74, 6) is 0.442. The first-order chi connectivity index (χ1) is 4.79. The maximum atomic E-state index is 8.34. The Kier molecular flexibility index (Phi) is 5.63. The first-order valence-corrected chi connectivity index (χ1v) is 2.87. The molecule has 0 fully saturated rings. The average molecular weight is 162 g/mol. The molecule has 5 heteroatoms. The summed E-state index contributed by atoms with van der Waals surface area (Å²) in [6.45, 7) is 0. The predicted octanol–water partition coefficient (Wildman–Crippen LogP) is -0.614. The summed E-state index contributed by atoms with van der Waals surface area (Å²) in [5.41, 5.74) is 0. The molecule has 0 aliphatic heterocycles. The quantitative estimate of drug-likeness (QED) is 0.570. The van der Waals surface area contributed by atoms with Crippen molar-refractivity contribution in [1.29, 1.82) is 0 Å². The Hall–Kier alpha value is 0.00494. The third-order valence-corrected chi connectivity index (χ3v) is 0.985. The van der Waals surface area contributed by atoms with E-state index in [1.807, 2.05) is 6.07 Å². The molecule has 11 heavy (non-hydrogen) atoms. The number of benzene rings is 1. The van der Waals surface area contributed by atoms with E-state index < -0.39 is 7.32 Å². The van der Waals surface area contributed by atoms with E-state index >= 15 is 0 Å². The van der Waals surface area contributed by atoms with Gasteiger partial charge in [0.25, 0.3) is 0 Å². The van der Waals surface area contributed by atoms with Crippen molar-refractivity contribution >= 4 is 36.9 Å². The fourth-order valence-electron chi connectivity index (χ4n) is 0.621. The molecule has 0 unspecified atom stereocenters. The van der Waals surface area contributed by atoms with Crippen LogP contribution in [0, 0.1) is 0 Å². The van der Waals surface area contributed by atoms with Crippen LogP contribution < -0.4 is 4.65 Å². The Morgan fingerprint density at radius 1 is 1.09 bits per heavy atom. The van der Waals surface area contributed by atoms with Crippen molar-refractivity contribution < 1.29 is 14.7 Å². The SMILES string of the molecule is OB(O)Oc1ccccc1.[NaH]. The van der Waals surface area contributed by atoms with Crippen LogP contribution in [0.1, 0.15) is 0 Å². The molecule has 0 radical (unpaired) electrons. The van der Waals surface area contributed by atoms with Gasteiger partial charge in [0.1, 0.15) is 5.75 Å². The Balaban J connectivity index is 0.000001000. The fraction of sp³-hybridized carbons (Fsp3) is 0. The van der Waals surface area contributed by atoms with Gasteiger partial charge in [0.15, 0.2) is 0 Å². The van der Waals surface area contributed by atoms with Gasteiger partial charge in [-0.3, -0.25) is 0 Å². The van der Waals surface area contributed by atoms with Crippen LogP contribution in [0.3, 0.4) is 0 Å².